The molecule has 0 aliphatic carbocycles. The molecule has 0 bridgehead atoms. The normalized spacial score (nSPS) is 16.1. The smallest absolute Gasteiger partial charge is 0.582 e. The van der Waals surface area contributed by atoms with Gasteiger partial charge in [-0.1, -0.05) is 6.07 Å². The van der Waals surface area contributed by atoms with Crippen LogP contribution in [0.15, 0.2) is 18.5 Å². The third kappa shape index (κ3) is 5.96. The number of aromatic nitrogens is 2. The minimum Gasteiger partial charge on any atom is -0.582 e. The minimum atomic E-state index is 0. The number of hydrogen-bond donors (Lipinski definition) is 0. The van der Waals surface area contributed by atoms with Gasteiger partial charge in [0.1, 0.15) is 0 Å². The predicted molar refractivity (Wildman–Crippen MR) is 49.4 cm³/mol. The third-order valence-electron chi connectivity index (χ3n) is 1.70. The van der Waals surface area contributed by atoms with Gasteiger partial charge in [-0.15, -0.1) is 7.92 Å². The van der Waals surface area contributed by atoms with Crippen LogP contribution in [0.25, 0.3) is 0 Å². The van der Waals surface area contributed by atoms with Crippen molar-refractivity contribution >= 4 is 7.92 Å². The number of nitrogens with zero attached hydrogens (tertiary/aromatic N) is 2. The van der Waals surface area contributed by atoms with Gasteiger partial charge in [-0.25, -0.2) is 0 Å². The molecule has 0 saturated carbocycles. The molecule has 72 valence electrons. The molecule has 2 rings (SSSR count). The van der Waals surface area contributed by atoms with E-state index in [2.05, 4.69) is 16.9 Å². The first-order valence-electron chi connectivity index (χ1n) is 3.96. The molecule has 1 fully saturated rings. The van der Waals surface area contributed by atoms with Gasteiger partial charge < -0.3 is 10.2 Å². The molecule has 0 unspecified atom stereocenters. The van der Waals surface area contributed by atoms with Crippen LogP contribution in [0, 0.1) is 0 Å². The van der Waals surface area contributed by atoms with Crippen LogP contribution in [-0.2, 0) is 22.4 Å². The van der Waals surface area contributed by atoms with E-state index in [0.717, 1.165) is 0 Å². The summed E-state index contributed by atoms with van der Waals surface area (Å²) in [6, 6.07) is 1.78. The van der Waals surface area contributed by atoms with E-state index >= 15 is 0 Å². The molecular weight excluding hydrogens is 352 g/mol. The standard InChI is InChI=1S/C5H11P.C3H3N2.Au/c1-6-4-2-3-5-6;1-2-4-5-3-1;/h2-5H2,1H3;1-3H;/q;-1;+1. The number of rotatable bonds is 0. The molecule has 1 aromatic rings. The van der Waals surface area contributed by atoms with Gasteiger partial charge in [-0.05, 0) is 31.8 Å². The summed E-state index contributed by atoms with van der Waals surface area (Å²) in [4.78, 5) is 0. The van der Waals surface area contributed by atoms with Crippen molar-refractivity contribution in [2.75, 3.05) is 19.0 Å². The van der Waals surface area contributed by atoms with Gasteiger partial charge in [-0.3, -0.25) is 0 Å². The van der Waals surface area contributed by atoms with Crippen molar-refractivity contribution in [3.05, 3.63) is 18.5 Å². The molecule has 0 radical (unpaired) electrons. The van der Waals surface area contributed by atoms with E-state index in [4.69, 9.17) is 0 Å². The average Bonchev–Trinajstić information content (AvgIpc) is 2.57. The van der Waals surface area contributed by atoms with Gasteiger partial charge in [0.05, 0.1) is 0 Å². The summed E-state index contributed by atoms with van der Waals surface area (Å²) in [6.45, 7) is 2.41. The first-order chi connectivity index (χ1) is 5.39. The van der Waals surface area contributed by atoms with Crippen LogP contribution in [0.3, 0.4) is 0 Å². The molecule has 2 heterocycles. The molecule has 1 aliphatic heterocycles. The van der Waals surface area contributed by atoms with Gasteiger partial charge in [0.25, 0.3) is 0 Å². The Labute approximate surface area is 90.8 Å². The van der Waals surface area contributed by atoms with E-state index < -0.39 is 0 Å². The fraction of sp³-hybridized carbons (Fsp3) is 0.625. The van der Waals surface area contributed by atoms with Crippen LogP contribution < -0.4 is 5.10 Å². The van der Waals surface area contributed by atoms with Crippen LogP contribution in [0.4, 0.5) is 0 Å². The van der Waals surface area contributed by atoms with Gasteiger partial charge in [0, 0.05) is 6.20 Å². The number of hydrogen-bond acceptors (Lipinski definition) is 1. The van der Waals surface area contributed by atoms with Gasteiger partial charge in [0.15, 0.2) is 0 Å². The zero-order valence-electron chi connectivity index (χ0n) is 7.20. The minimum absolute atomic E-state index is 0. The van der Waals surface area contributed by atoms with Gasteiger partial charge >= 0.3 is 22.4 Å². The maximum Gasteiger partial charge on any atom is 1.00 e. The van der Waals surface area contributed by atoms with Crippen LogP contribution in [0.5, 0.6) is 0 Å². The second-order valence-corrected chi connectivity index (χ2v) is 5.34. The van der Waals surface area contributed by atoms with E-state index in [0.29, 0.717) is 7.92 Å². The Bertz CT molecular complexity index is 144. The molecule has 1 saturated heterocycles. The molecular formula is C8H14AuN2P. The second-order valence-electron chi connectivity index (χ2n) is 2.73. The summed E-state index contributed by atoms with van der Waals surface area (Å²) >= 11 is 0. The van der Waals surface area contributed by atoms with Crippen molar-refractivity contribution in [1.82, 2.24) is 10.2 Å². The first-order valence-corrected chi connectivity index (χ1v) is 6.12. The summed E-state index contributed by atoms with van der Waals surface area (Å²) in [6.07, 6.45) is 9.41. The fourth-order valence-electron chi connectivity index (χ4n) is 1.07. The van der Waals surface area contributed by atoms with Crippen LogP contribution in [0.2, 0.25) is 0 Å². The molecule has 2 nitrogen and oxygen atoms in total. The molecule has 1 aromatic heterocycles. The Balaban J connectivity index is 0.000000189. The Hall–Kier alpha value is 0.380. The van der Waals surface area contributed by atoms with Gasteiger partial charge in [-0.2, -0.15) is 6.20 Å². The molecule has 0 atom stereocenters. The van der Waals surface area contributed by atoms with E-state index in [9.17, 15) is 0 Å². The molecule has 0 aromatic carbocycles. The summed E-state index contributed by atoms with van der Waals surface area (Å²) in [5, 5.41) is 6.94. The van der Waals surface area contributed by atoms with Crippen LogP contribution in [-0.4, -0.2) is 24.1 Å². The van der Waals surface area contributed by atoms with Gasteiger partial charge in [0.2, 0.25) is 0 Å². The Morgan fingerprint density at radius 1 is 1.33 bits per heavy atom. The average molecular weight is 366 g/mol. The largest absolute Gasteiger partial charge is 1.00 e. The van der Waals surface area contributed by atoms with Crippen molar-refractivity contribution in [2.24, 2.45) is 0 Å². The van der Waals surface area contributed by atoms with Crippen LogP contribution >= 0.6 is 7.92 Å². The molecule has 0 amide bonds. The SMILES string of the molecule is CP1CCCC1.[Au+].c1cn[n-]c1. The fourth-order valence-corrected chi connectivity index (χ4v) is 2.82. The van der Waals surface area contributed by atoms with E-state index in [1.807, 2.05) is 0 Å². The molecule has 1 aliphatic rings. The zero-order chi connectivity index (χ0) is 7.94. The van der Waals surface area contributed by atoms with E-state index in [1.54, 1.807) is 30.8 Å². The van der Waals surface area contributed by atoms with Crippen LogP contribution in [0.1, 0.15) is 12.8 Å². The van der Waals surface area contributed by atoms with E-state index in [1.165, 1.54) is 12.8 Å². The maximum absolute atomic E-state index is 3.47. The van der Waals surface area contributed by atoms with Crippen molar-refractivity contribution in [3.8, 4) is 0 Å². The van der Waals surface area contributed by atoms with Crippen molar-refractivity contribution in [3.63, 3.8) is 0 Å². The zero-order valence-corrected chi connectivity index (χ0v) is 10.3. The molecule has 0 N–H and O–H groups in total. The van der Waals surface area contributed by atoms with E-state index in [-0.39, 0.29) is 22.4 Å². The predicted octanol–water partition coefficient (Wildman–Crippen LogP) is 1.93. The third-order valence-corrected chi connectivity index (χ3v) is 3.86. The topological polar surface area (TPSA) is 27.0 Å². The summed E-state index contributed by atoms with van der Waals surface area (Å²) < 4.78 is 0. The monoisotopic (exact) mass is 366 g/mol. The Kier molecular flexibility index (Phi) is 8.25. The summed E-state index contributed by atoms with van der Waals surface area (Å²) in [7, 11) is 0.535. The second kappa shape index (κ2) is 8.00. The van der Waals surface area contributed by atoms with Crippen molar-refractivity contribution < 1.29 is 22.4 Å². The molecule has 12 heavy (non-hydrogen) atoms. The molecule has 0 spiro atoms. The Morgan fingerprint density at radius 2 is 2.00 bits per heavy atom. The summed E-state index contributed by atoms with van der Waals surface area (Å²) in [5.74, 6) is 0. The van der Waals surface area contributed by atoms with Crippen molar-refractivity contribution in [2.45, 2.75) is 12.8 Å². The summed E-state index contributed by atoms with van der Waals surface area (Å²) in [5.41, 5.74) is 0. The quantitative estimate of drug-likeness (QED) is 0.518. The Morgan fingerprint density at radius 3 is 2.17 bits per heavy atom. The molecule has 4 heteroatoms. The van der Waals surface area contributed by atoms with Crippen molar-refractivity contribution in [1.29, 1.82) is 0 Å². The maximum atomic E-state index is 3.47. The first kappa shape index (κ1) is 12.4.